The van der Waals surface area contributed by atoms with Crippen LogP contribution in [0.25, 0.3) is 6.08 Å². The van der Waals surface area contributed by atoms with E-state index in [0.717, 1.165) is 0 Å². The second-order valence-corrected chi connectivity index (χ2v) is 7.56. The molecule has 0 aromatic heterocycles. The number of ketones is 1. The lowest BCUT2D eigenvalue weighted by Crippen LogP contribution is -2.24. The van der Waals surface area contributed by atoms with Crippen LogP contribution in [0.1, 0.15) is 22.8 Å². The molecule has 0 unspecified atom stereocenters. The van der Waals surface area contributed by atoms with Gasteiger partial charge in [0.2, 0.25) is 0 Å². The SMILES string of the molecule is CCOc1ccc(/C=C2\CS(=O)(=O)c3ccccc3C2=O)cc1OC. The van der Waals surface area contributed by atoms with Gasteiger partial charge in [-0.2, -0.15) is 0 Å². The van der Waals surface area contributed by atoms with Gasteiger partial charge in [0.05, 0.1) is 24.4 Å². The van der Waals surface area contributed by atoms with Crippen LogP contribution < -0.4 is 9.47 Å². The van der Waals surface area contributed by atoms with Gasteiger partial charge in [-0.05, 0) is 42.8 Å². The molecular formula is C19H18O5S. The van der Waals surface area contributed by atoms with E-state index in [2.05, 4.69) is 0 Å². The van der Waals surface area contributed by atoms with Crippen LogP contribution in [-0.4, -0.2) is 33.7 Å². The summed E-state index contributed by atoms with van der Waals surface area (Å²) in [4.78, 5) is 12.7. The highest BCUT2D eigenvalue weighted by Gasteiger charge is 2.32. The number of ether oxygens (including phenoxy) is 2. The van der Waals surface area contributed by atoms with Gasteiger partial charge >= 0.3 is 0 Å². The fourth-order valence-electron chi connectivity index (χ4n) is 2.80. The van der Waals surface area contributed by atoms with Crippen molar-refractivity contribution in [3.05, 3.63) is 59.2 Å². The Kier molecular flexibility index (Phi) is 4.63. The fraction of sp³-hybridized carbons (Fsp3) is 0.211. The van der Waals surface area contributed by atoms with Gasteiger partial charge in [-0.15, -0.1) is 0 Å². The van der Waals surface area contributed by atoms with Gasteiger partial charge in [-0.1, -0.05) is 18.2 Å². The summed E-state index contributed by atoms with van der Waals surface area (Å²) in [5.41, 5.74) is 1.14. The normalized spacial score (nSPS) is 17.2. The second kappa shape index (κ2) is 6.72. The zero-order valence-corrected chi connectivity index (χ0v) is 14.8. The number of rotatable bonds is 4. The first-order chi connectivity index (χ1) is 12.0. The molecule has 1 aliphatic rings. The minimum atomic E-state index is -3.52. The summed E-state index contributed by atoms with van der Waals surface area (Å²) in [5, 5.41) is 0. The lowest BCUT2D eigenvalue weighted by atomic mass is 10.0. The van der Waals surface area contributed by atoms with Crippen LogP contribution in [-0.2, 0) is 9.84 Å². The average Bonchev–Trinajstić information content (AvgIpc) is 2.61. The van der Waals surface area contributed by atoms with Gasteiger partial charge in [0.15, 0.2) is 27.1 Å². The molecule has 0 N–H and O–H groups in total. The number of Topliss-reactive ketones (excluding diaryl/α,β-unsaturated/α-hetero) is 1. The van der Waals surface area contributed by atoms with Gasteiger partial charge in [-0.25, -0.2) is 8.42 Å². The number of carbonyl (C=O) groups excluding carboxylic acids is 1. The number of carbonyl (C=O) groups is 1. The van der Waals surface area contributed by atoms with Crippen LogP contribution in [0.5, 0.6) is 11.5 Å². The van der Waals surface area contributed by atoms with Gasteiger partial charge in [0.25, 0.3) is 0 Å². The highest BCUT2D eigenvalue weighted by Crippen LogP contribution is 2.32. The molecule has 0 radical (unpaired) electrons. The molecule has 0 atom stereocenters. The number of methoxy groups -OCH3 is 1. The Balaban J connectivity index is 2.04. The molecule has 130 valence electrons. The van der Waals surface area contributed by atoms with Crippen molar-refractivity contribution in [1.29, 1.82) is 0 Å². The van der Waals surface area contributed by atoms with E-state index in [0.29, 0.717) is 23.7 Å². The first-order valence-electron chi connectivity index (χ1n) is 7.84. The van der Waals surface area contributed by atoms with Crippen LogP contribution in [0.4, 0.5) is 0 Å². The third kappa shape index (κ3) is 3.30. The lowest BCUT2D eigenvalue weighted by Gasteiger charge is -2.18. The standard InChI is InChI=1S/C19H18O5S/c1-3-24-16-9-8-13(11-17(16)23-2)10-14-12-25(21,22)18-7-5-4-6-15(18)19(14)20/h4-11H,3,12H2,1-2H3/b14-10+. The quantitative estimate of drug-likeness (QED) is 0.785. The highest BCUT2D eigenvalue weighted by molar-refractivity contribution is 7.91. The largest absolute Gasteiger partial charge is 0.493 e. The summed E-state index contributed by atoms with van der Waals surface area (Å²) < 4.78 is 35.6. The van der Waals surface area contributed by atoms with Crippen LogP contribution in [0.2, 0.25) is 0 Å². The molecule has 0 saturated carbocycles. The lowest BCUT2D eigenvalue weighted by molar-refractivity contribution is 0.103. The van der Waals surface area contributed by atoms with Gasteiger partial charge in [0, 0.05) is 11.1 Å². The summed E-state index contributed by atoms with van der Waals surface area (Å²) in [5.74, 6) is 0.555. The number of benzene rings is 2. The molecule has 0 spiro atoms. The monoisotopic (exact) mass is 358 g/mol. The molecule has 0 bridgehead atoms. The first kappa shape index (κ1) is 17.2. The number of hydrogen-bond donors (Lipinski definition) is 0. The Labute approximate surface area is 146 Å². The van der Waals surface area contributed by atoms with E-state index in [4.69, 9.17) is 9.47 Å². The highest BCUT2D eigenvalue weighted by atomic mass is 32.2. The maximum absolute atomic E-state index is 12.6. The first-order valence-corrected chi connectivity index (χ1v) is 9.49. The van der Waals surface area contributed by atoms with E-state index in [1.807, 2.05) is 6.92 Å². The molecule has 5 nitrogen and oxygen atoms in total. The summed E-state index contributed by atoms with van der Waals surface area (Å²) in [6.07, 6.45) is 1.59. The Morgan fingerprint density at radius 3 is 2.60 bits per heavy atom. The van der Waals surface area contributed by atoms with Crippen molar-refractivity contribution in [1.82, 2.24) is 0 Å². The van der Waals surface area contributed by atoms with Gasteiger partial charge in [0.1, 0.15) is 0 Å². The zero-order valence-electron chi connectivity index (χ0n) is 14.0. The van der Waals surface area contributed by atoms with Crippen LogP contribution in [0.15, 0.2) is 52.9 Å². The van der Waals surface area contributed by atoms with Crippen LogP contribution >= 0.6 is 0 Å². The van der Waals surface area contributed by atoms with E-state index in [1.54, 1.807) is 42.5 Å². The summed E-state index contributed by atoms with van der Waals surface area (Å²) in [6, 6.07) is 11.5. The third-order valence-electron chi connectivity index (χ3n) is 3.93. The van der Waals surface area contributed by atoms with Crippen molar-refractivity contribution in [3.63, 3.8) is 0 Å². The minimum Gasteiger partial charge on any atom is -0.493 e. The van der Waals surface area contributed by atoms with Crippen molar-refractivity contribution in [2.75, 3.05) is 19.5 Å². The molecule has 0 amide bonds. The molecule has 2 aromatic rings. The minimum absolute atomic E-state index is 0.0985. The smallest absolute Gasteiger partial charge is 0.191 e. The maximum atomic E-state index is 12.6. The summed E-state index contributed by atoms with van der Waals surface area (Å²) in [6.45, 7) is 2.38. The van der Waals surface area contributed by atoms with Crippen molar-refractivity contribution >= 4 is 21.7 Å². The molecule has 3 rings (SSSR count). The molecule has 1 aliphatic heterocycles. The average molecular weight is 358 g/mol. The summed E-state index contributed by atoms with van der Waals surface area (Å²) >= 11 is 0. The number of sulfone groups is 1. The third-order valence-corrected chi connectivity index (χ3v) is 5.65. The Morgan fingerprint density at radius 2 is 1.88 bits per heavy atom. The molecular weight excluding hydrogens is 340 g/mol. The number of fused-ring (bicyclic) bond motifs is 1. The van der Waals surface area contributed by atoms with Crippen molar-refractivity contribution < 1.29 is 22.7 Å². The van der Waals surface area contributed by atoms with E-state index in [9.17, 15) is 13.2 Å². The number of hydrogen-bond acceptors (Lipinski definition) is 5. The fourth-order valence-corrected chi connectivity index (χ4v) is 4.36. The molecule has 0 fully saturated rings. The molecule has 2 aromatic carbocycles. The summed E-state index contributed by atoms with van der Waals surface area (Å²) in [7, 11) is -1.99. The van der Waals surface area contributed by atoms with Crippen molar-refractivity contribution in [3.8, 4) is 11.5 Å². The van der Waals surface area contributed by atoms with E-state index < -0.39 is 9.84 Å². The molecule has 25 heavy (non-hydrogen) atoms. The van der Waals surface area contributed by atoms with Gasteiger partial charge in [-0.3, -0.25) is 4.79 Å². The van der Waals surface area contributed by atoms with Gasteiger partial charge < -0.3 is 9.47 Å². The predicted octanol–water partition coefficient (Wildman–Crippen LogP) is 3.15. The van der Waals surface area contributed by atoms with E-state index in [-0.39, 0.29) is 27.6 Å². The second-order valence-electron chi connectivity index (χ2n) is 5.60. The zero-order chi connectivity index (χ0) is 18.0. The molecule has 1 heterocycles. The van der Waals surface area contributed by atoms with E-state index in [1.165, 1.54) is 13.2 Å². The molecule has 6 heteroatoms. The van der Waals surface area contributed by atoms with Crippen molar-refractivity contribution in [2.45, 2.75) is 11.8 Å². The molecule has 0 aliphatic carbocycles. The van der Waals surface area contributed by atoms with Crippen LogP contribution in [0, 0.1) is 0 Å². The van der Waals surface area contributed by atoms with E-state index >= 15 is 0 Å². The van der Waals surface area contributed by atoms with Crippen molar-refractivity contribution in [2.24, 2.45) is 0 Å². The molecule has 0 saturated heterocycles. The topological polar surface area (TPSA) is 69.7 Å². The Bertz CT molecular complexity index is 958. The maximum Gasteiger partial charge on any atom is 0.191 e. The predicted molar refractivity (Wildman–Crippen MR) is 95.0 cm³/mol. The van der Waals surface area contributed by atoms with Crippen LogP contribution in [0.3, 0.4) is 0 Å². The Morgan fingerprint density at radius 1 is 1.12 bits per heavy atom. The Hall–Kier alpha value is -2.60.